The molecule has 0 saturated heterocycles. The van der Waals surface area contributed by atoms with E-state index in [2.05, 4.69) is 30.1 Å². The monoisotopic (exact) mass is 363 g/mol. The van der Waals surface area contributed by atoms with Gasteiger partial charge < -0.3 is 0 Å². The fourth-order valence-corrected chi connectivity index (χ4v) is 2.51. The minimum atomic E-state index is 0. The topological polar surface area (TPSA) is 30.3 Å². The molecule has 1 heterocycles. The predicted molar refractivity (Wildman–Crippen MR) is 86.6 cm³/mol. The number of anilines is 1. The second kappa shape index (κ2) is 5.95. The first-order valence-corrected chi connectivity index (χ1v) is 6.60. The molecule has 1 aliphatic heterocycles. The molecule has 1 aliphatic rings. The molecule has 0 atom stereocenters. The van der Waals surface area contributed by atoms with Crippen LogP contribution in [0.3, 0.4) is 0 Å². The first-order valence-electron chi connectivity index (χ1n) is 5.37. The van der Waals surface area contributed by atoms with E-state index in [9.17, 15) is 0 Å². The van der Waals surface area contributed by atoms with Crippen LogP contribution in [0.15, 0.2) is 18.2 Å². The van der Waals surface area contributed by atoms with Gasteiger partial charge in [-0.1, -0.05) is 23.9 Å². The van der Waals surface area contributed by atoms with Crippen molar-refractivity contribution in [2.45, 2.75) is 13.3 Å². The number of fused-ring (bicyclic) bond motifs is 1. The molecule has 1 N–H and O–H groups in total. The molecule has 0 fully saturated rings. The van der Waals surface area contributed by atoms with Crippen LogP contribution in [0.25, 0.3) is 0 Å². The molecule has 0 unspecified atom stereocenters. The Morgan fingerprint density at radius 1 is 1.47 bits per heavy atom. The van der Waals surface area contributed by atoms with Gasteiger partial charge in [0.15, 0.2) is 5.17 Å². The molecule has 2 rings (SSSR count). The highest BCUT2D eigenvalue weighted by Crippen LogP contribution is 2.31. The Labute approximate surface area is 124 Å². The third-order valence-electron chi connectivity index (χ3n) is 3.09. The number of nitrogens with one attached hydrogen (secondary N) is 1. The summed E-state index contributed by atoms with van der Waals surface area (Å²) in [5, 5.41) is 12.5. The predicted octanol–water partition coefficient (Wildman–Crippen LogP) is 3.12. The van der Waals surface area contributed by atoms with E-state index in [1.807, 2.05) is 18.3 Å². The maximum Gasteiger partial charge on any atom is 0.174 e. The zero-order valence-electron chi connectivity index (χ0n) is 10.4. The molecular formula is C12H18IN3S. The lowest BCUT2D eigenvalue weighted by molar-refractivity contribution is 0.476. The maximum atomic E-state index is 7.85. The van der Waals surface area contributed by atoms with Gasteiger partial charge in [0, 0.05) is 13.6 Å². The Bertz CT molecular complexity index is 422. The van der Waals surface area contributed by atoms with Gasteiger partial charge in [0.2, 0.25) is 0 Å². The molecule has 1 aromatic rings. The number of benzene rings is 1. The Kier molecular flexibility index (Phi) is 5.12. The number of hydrazine groups is 1. The van der Waals surface area contributed by atoms with Gasteiger partial charge in [0.05, 0.1) is 5.69 Å². The van der Waals surface area contributed by atoms with Crippen LogP contribution in [-0.4, -0.2) is 30.0 Å². The van der Waals surface area contributed by atoms with Gasteiger partial charge in [0.1, 0.15) is 0 Å². The highest BCUT2D eigenvalue weighted by molar-refractivity contribution is 14.0. The largest absolute Gasteiger partial charge is 0.283 e. The van der Waals surface area contributed by atoms with Crippen LogP contribution < -0.4 is 5.01 Å². The second-order valence-electron chi connectivity index (χ2n) is 3.98. The summed E-state index contributed by atoms with van der Waals surface area (Å²) in [6, 6.07) is 6.38. The summed E-state index contributed by atoms with van der Waals surface area (Å²) in [6.07, 6.45) is 3.01. The summed E-state index contributed by atoms with van der Waals surface area (Å²) in [5.74, 6) is 0. The smallest absolute Gasteiger partial charge is 0.174 e. The van der Waals surface area contributed by atoms with Gasteiger partial charge in [-0.25, -0.2) is 0 Å². The molecule has 1 aromatic carbocycles. The van der Waals surface area contributed by atoms with Gasteiger partial charge in [-0.15, -0.1) is 24.0 Å². The highest BCUT2D eigenvalue weighted by Gasteiger charge is 2.24. The minimum absolute atomic E-state index is 0. The van der Waals surface area contributed by atoms with Crippen molar-refractivity contribution in [1.29, 1.82) is 5.41 Å². The highest BCUT2D eigenvalue weighted by atomic mass is 127. The SMILES string of the molecule is CSC(=N)N(C)N1CCc2c(C)cccc21.I. The van der Waals surface area contributed by atoms with Gasteiger partial charge >= 0.3 is 0 Å². The molecule has 0 saturated carbocycles. The zero-order valence-corrected chi connectivity index (χ0v) is 13.5. The second-order valence-corrected chi connectivity index (χ2v) is 4.77. The summed E-state index contributed by atoms with van der Waals surface area (Å²) in [7, 11) is 1.95. The third-order valence-corrected chi connectivity index (χ3v) is 3.74. The molecule has 0 amide bonds. The summed E-state index contributed by atoms with van der Waals surface area (Å²) in [5.41, 5.74) is 4.02. The standard InChI is InChI=1S/C12H17N3S.HI/c1-9-5-4-6-11-10(9)7-8-15(11)14(2)12(13)16-3;/h4-6,13H,7-8H2,1-3H3;1H. The molecule has 0 radical (unpaired) electrons. The van der Waals surface area contributed by atoms with E-state index in [1.54, 1.807) is 0 Å². The van der Waals surface area contributed by atoms with Crippen LogP contribution >= 0.6 is 35.7 Å². The molecule has 0 bridgehead atoms. The molecule has 17 heavy (non-hydrogen) atoms. The van der Waals surface area contributed by atoms with Crippen LogP contribution in [0.1, 0.15) is 11.1 Å². The summed E-state index contributed by atoms with van der Waals surface area (Å²) >= 11 is 1.47. The van der Waals surface area contributed by atoms with Crippen molar-refractivity contribution in [2.75, 3.05) is 24.9 Å². The molecule has 0 spiro atoms. The van der Waals surface area contributed by atoms with Crippen LogP contribution in [0, 0.1) is 12.3 Å². The summed E-state index contributed by atoms with van der Waals surface area (Å²) in [4.78, 5) is 0. The van der Waals surface area contributed by atoms with E-state index in [0.29, 0.717) is 5.17 Å². The Morgan fingerprint density at radius 2 is 2.18 bits per heavy atom. The Balaban J connectivity index is 0.00000144. The van der Waals surface area contributed by atoms with E-state index in [-0.39, 0.29) is 24.0 Å². The quantitative estimate of drug-likeness (QED) is 0.473. The molecule has 94 valence electrons. The minimum Gasteiger partial charge on any atom is -0.283 e. The number of hydrogen-bond acceptors (Lipinski definition) is 3. The average molecular weight is 363 g/mol. The van der Waals surface area contributed by atoms with E-state index < -0.39 is 0 Å². The molecule has 0 aromatic heterocycles. The van der Waals surface area contributed by atoms with E-state index in [1.165, 1.54) is 28.6 Å². The number of nitrogens with zero attached hydrogens (tertiary/aromatic N) is 2. The Morgan fingerprint density at radius 3 is 2.82 bits per heavy atom. The lowest BCUT2D eigenvalue weighted by Gasteiger charge is -2.31. The number of thioether (sulfide) groups is 1. The van der Waals surface area contributed by atoms with Crippen molar-refractivity contribution < 1.29 is 0 Å². The van der Waals surface area contributed by atoms with Crippen molar-refractivity contribution in [3.8, 4) is 0 Å². The lowest BCUT2D eigenvalue weighted by Crippen LogP contribution is -2.41. The van der Waals surface area contributed by atoms with E-state index >= 15 is 0 Å². The average Bonchev–Trinajstić information content (AvgIpc) is 2.72. The molecule has 5 heteroatoms. The van der Waals surface area contributed by atoms with Gasteiger partial charge in [-0.3, -0.25) is 15.4 Å². The van der Waals surface area contributed by atoms with Crippen LogP contribution in [0.2, 0.25) is 0 Å². The summed E-state index contributed by atoms with van der Waals surface area (Å²) in [6.45, 7) is 3.13. The van der Waals surface area contributed by atoms with Crippen molar-refractivity contribution in [3.63, 3.8) is 0 Å². The van der Waals surface area contributed by atoms with Gasteiger partial charge in [-0.05, 0) is 36.8 Å². The number of hydrogen-bond donors (Lipinski definition) is 1. The fraction of sp³-hybridized carbons (Fsp3) is 0.417. The number of amidine groups is 1. The number of aryl methyl sites for hydroxylation is 1. The van der Waals surface area contributed by atoms with Crippen molar-refractivity contribution >= 4 is 46.6 Å². The van der Waals surface area contributed by atoms with Gasteiger partial charge in [-0.2, -0.15) is 0 Å². The van der Waals surface area contributed by atoms with Crippen LogP contribution in [0.5, 0.6) is 0 Å². The molecule has 0 aliphatic carbocycles. The van der Waals surface area contributed by atoms with Crippen molar-refractivity contribution in [1.82, 2.24) is 5.01 Å². The number of rotatable bonds is 1. The van der Waals surface area contributed by atoms with Crippen LogP contribution in [-0.2, 0) is 6.42 Å². The summed E-state index contributed by atoms with van der Waals surface area (Å²) < 4.78 is 0. The maximum absolute atomic E-state index is 7.85. The lowest BCUT2D eigenvalue weighted by atomic mass is 10.1. The van der Waals surface area contributed by atoms with E-state index in [4.69, 9.17) is 5.41 Å². The van der Waals surface area contributed by atoms with Gasteiger partial charge in [0.25, 0.3) is 0 Å². The number of halogens is 1. The zero-order chi connectivity index (χ0) is 11.7. The first-order chi connectivity index (χ1) is 7.65. The normalized spacial score (nSPS) is 13.0. The van der Waals surface area contributed by atoms with E-state index in [0.717, 1.165) is 13.0 Å². The van der Waals surface area contributed by atoms with Crippen molar-refractivity contribution in [2.24, 2.45) is 0 Å². The third kappa shape index (κ3) is 2.70. The first kappa shape index (κ1) is 14.6. The van der Waals surface area contributed by atoms with Crippen LogP contribution in [0.4, 0.5) is 5.69 Å². The van der Waals surface area contributed by atoms with Crippen molar-refractivity contribution in [3.05, 3.63) is 29.3 Å². The Hall–Kier alpha value is -0.430. The molecule has 3 nitrogen and oxygen atoms in total. The molecular weight excluding hydrogens is 345 g/mol. The fourth-order valence-electron chi connectivity index (χ4n) is 2.15.